The van der Waals surface area contributed by atoms with E-state index in [2.05, 4.69) is 11.4 Å². The largest absolute Gasteiger partial charge is 0.382 e. The van der Waals surface area contributed by atoms with Gasteiger partial charge in [0.05, 0.1) is 28.5 Å². The van der Waals surface area contributed by atoms with Crippen LogP contribution >= 0.6 is 0 Å². The van der Waals surface area contributed by atoms with Crippen LogP contribution in [-0.2, 0) is 0 Å². The molecule has 0 aliphatic rings. The third-order valence-corrected chi connectivity index (χ3v) is 4.24. The van der Waals surface area contributed by atoms with Crippen molar-refractivity contribution in [1.29, 1.82) is 10.5 Å². The smallest absolute Gasteiger partial charge is 0.275 e. The maximum absolute atomic E-state index is 13.1. The number of nitrogens with zero attached hydrogens (tertiary/aromatic N) is 3. The highest BCUT2D eigenvalue weighted by atomic mass is 16.1. The predicted molar refractivity (Wildman–Crippen MR) is 101 cm³/mol. The van der Waals surface area contributed by atoms with Crippen molar-refractivity contribution in [2.75, 3.05) is 18.4 Å². The molecule has 0 spiro atoms. The second-order valence-corrected chi connectivity index (χ2v) is 5.85. The van der Waals surface area contributed by atoms with Crippen molar-refractivity contribution in [3.05, 3.63) is 69.5 Å². The molecule has 6 heteroatoms. The first kappa shape index (κ1) is 17.2. The number of anilines is 1. The summed E-state index contributed by atoms with van der Waals surface area (Å²) in [6.45, 7) is 2.67. The highest BCUT2D eigenvalue weighted by Crippen LogP contribution is 2.27. The summed E-state index contributed by atoms with van der Waals surface area (Å²) in [5.74, 6) is 0. The van der Waals surface area contributed by atoms with E-state index in [1.807, 2.05) is 37.3 Å². The number of rotatable bonds is 4. The average Bonchev–Trinajstić information content (AvgIpc) is 2.66. The van der Waals surface area contributed by atoms with Crippen molar-refractivity contribution < 1.29 is 0 Å². The summed E-state index contributed by atoms with van der Waals surface area (Å²) < 4.78 is 1.47. The molecule has 0 fully saturated rings. The first-order valence-corrected chi connectivity index (χ1v) is 8.15. The molecule has 2 aromatic carbocycles. The Morgan fingerprint density at radius 3 is 2.62 bits per heavy atom. The van der Waals surface area contributed by atoms with Crippen LogP contribution in [0.4, 0.5) is 5.69 Å². The standard InChI is InChI=1S/C20H17N5O/c1-13-6-7-15(10-14(13)11-22)25-18-5-3-2-4-16(18)19(24-9-8-21)17(12-23)20(25)26/h2-7,10,24H,8-9,21H2,1H3. The Morgan fingerprint density at radius 2 is 1.92 bits per heavy atom. The summed E-state index contributed by atoms with van der Waals surface area (Å²) in [5, 5.41) is 22.7. The molecule has 0 atom stereocenters. The molecule has 0 amide bonds. The molecular weight excluding hydrogens is 326 g/mol. The number of nitrogens with one attached hydrogen (secondary N) is 1. The molecule has 3 rings (SSSR count). The summed E-state index contributed by atoms with van der Waals surface area (Å²) in [4.78, 5) is 13.1. The minimum absolute atomic E-state index is 0.0243. The summed E-state index contributed by atoms with van der Waals surface area (Å²) in [5.41, 5.74) is 8.16. The second-order valence-electron chi connectivity index (χ2n) is 5.85. The summed E-state index contributed by atoms with van der Waals surface area (Å²) in [7, 11) is 0. The Labute approximate surface area is 150 Å². The molecule has 1 heterocycles. The van der Waals surface area contributed by atoms with Crippen molar-refractivity contribution in [3.63, 3.8) is 0 Å². The lowest BCUT2D eigenvalue weighted by Crippen LogP contribution is -2.25. The van der Waals surface area contributed by atoms with Gasteiger partial charge in [-0.05, 0) is 30.7 Å². The quantitative estimate of drug-likeness (QED) is 0.756. The minimum atomic E-state index is -0.432. The molecule has 0 radical (unpaired) electrons. The number of aromatic nitrogens is 1. The van der Waals surface area contributed by atoms with E-state index in [0.717, 1.165) is 10.9 Å². The number of hydrogen-bond donors (Lipinski definition) is 2. The van der Waals surface area contributed by atoms with Crippen LogP contribution in [0.3, 0.4) is 0 Å². The summed E-state index contributed by atoms with van der Waals surface area (Å²) >= 11 is 0. The van der Waals surface area contributed by atoms with E-state index in [9.17, 15) is 15.3 Å². The van der Waals surface area contributed by atoms with Gasteiger partial charge in [-0.25, -0.2) is 0 Å². The Bertz CT molecular complexity index is 1130. The summed E-state index contributed by atoms with van der Waals surface area (Å²) in [6, 6.07) is 16.7. The lowest BCUT2D eigenvalue weighted by Gasteiger charge is -2.16. The van der Waals surface area contributed by atoms with Crippen LogP contribution in [0.2, 0.25) is 0 Å². The zero-order valence-corrected chi connectivity index (χ0v) is 14.3. The molecule has 3 aromatic rings. The third-order valence-electron chi connectivity index (χ3n) is 4.24. The highest BCUT2D eigenvalue weighted by Gasteiger charge is 2.17. The molecular formula is C20H17N5O. The molecule has 0 unspecified atom stereocenters. The van der Waals surface area contributed by atoms with Gasteiger partial charge >= 0.3 is 0 Å². The molecule has 128 valence electrons. The van der Waals surface area contributed by atoms with Crippen LogP contribution in [0.5, 0.6) is 0 Å². The minimum Gasteiger partial charge on any atom is -0.382 e. The van der Waals surface area contributed by atoms with E-state index in [-0.39, 0.29) is 5.56 Å². The molecule has 0 saturated heterocycles. The molecule has 6 nitrogen and oxygen atoms in total. The van der Waals surface area contributed by atoms with E-state index in [1.54, 1.807) is 18.2 Å². The lowest BCUT2D eigenvalue weighted by molar-refractivity contribution is 1.01. The number of benzene rings is 2. The Morgan fingerprint density at radius 1 is 1.15 bits per heavy atom. The van der Waals surface area contributed by atoms with Gasteiger partial charge in [0.25, 0.3) is 5.56 Å². The van der Waals surface area contributed by atoms with Crippen molar-refractivity contribution in [2.24, 2.45) is 5.73 Å². The Kier molecular flexibility index (Phi) is 4.70. The highest BCUT2D eigenvalue weighted by molar-refractivity contribution is 5.95. The maximum atomic E-state index is 13.1. The van der Waals surface area contributed by atoms with Gasteiger partial charge in [0.2, 0.25) is 0 Å². The maximum Gasteiger partial charge on any atom is 0.275 e. The number of aryl methyl sites for hydroxylation is 1. The first-order chi connectivity index (χ1) is 12.6. The third kappa shape index (κ3) is 2.79. The fraction of sp³-hybridized carbons (Fsp3) is 0.150. The zero-order valence-electron chi connectivity index (χ0n) is 14.3. The topological polar surface area (TPSA) is 108 Å². The van der Waals surface area contributed by atoms with E-state index in [0.29, 0.717) is 35.5 Å². The monoisotopic (exact) mass is 343 g/mol. The van der Waals surface area contributed by atoms with Crippen molar-refractivity contribution in [3.8, 4) is 17.8 Å². The molecule has 0 saturated carbocycles. The fourth-order valence-corrected chi connectivity index (χ4v) is 2.95. The molecule has 0 bridgehead atoms. The molecule has 0 aliphatic heterocycles. The van der Waals surface area contributed by atoms with Gasteiger partial charge in [-0.15, -0.1) is 0 Å². The van der Waals surface area contributed by atoms with Crippen LogP contribution in [0, 0.1) is 29.6 Å². The first-order valence-electron chi connectivity index (χ1n) is 8.15. The lowest BCUT2D eigenvalue weighted by atomic mass is 10.1. The molecule has 26 heavy (non-hydrogen) atoms. The normalized spacial score (nSPS) is 10.3. The van der Waals surface area contributed by atoms with Crippen molar-refractivity contribution in [1.82, 2.24) is 4.57 Å². The predicted octanol–water partition coefficient (Wildman–Crippen LogP) is 2.41. The van der Waals surface area contributed by atoms with E-state index in [1.165, 1.54) is 4.57 Å². The van der Waals surface area contributed by atoms with Gasteiger partial charge in [-0.2, -0.15) is 10.5 Å². The number of para-hydroxylation sites is 1. The molecule has 1 aromatic heterocycles. The van der Waals surface area contributed by atoms with Crippen LogP contribution in [-0.4, -0.2) is 17.7 Å². The van der Waals surface area contributed by atoms with Crippen LogP contribution in [0.25, 0.3) is 16.6 Å². The second kappa shape index (κ2) is 7.10. The van der Waals surface area contributed by atoms with Gasteiger partial charge in [-0.3, -0.25) is 9.36 Å². The number of hydrogen-bond acceptors (Lipinski definition) is 5. The van der Waals surface area contributed by atoms with E-state index in [4.69, 9.17) is 5.73 Å². The van der Waals surface area contributed by atoms with Crippen molar-refractivity contribution >= 4 is 16.6 Å². The fourth-order valence-electron chi connectivity index (χ4n) is 2.95. The number of nitriles is 2. The average molecular weight is 343 g/mol. The van der Waals surface area contributed by atoms with Gasteiger partial charge in [0, 0.05) is 18.5 Å². The van der Waals surface area contributed by atoms with Gasteiger partial charge in [0.1, 0.15) is 11.6 Å². The van der Waals surface area contributed by atoms with Gasteiger partial charge < -0.3 is 11.1 Å². The van der Waals surface area contributed by atoms with Crippen LogP contribution in [0.1, 0.15) is 16.7 Å². The van der Waals surface area contributed by atoms with E-state index < -0.39 is 5.56 Å². The van der Waals surface area contributed by atoms with Gasteiger partial charge in [-0.1, -0.05) is 24.3 Å². The number of fused-ring (bicyclic) bond motifs is 1. The van der Waals surface area contributed by atoms with E-state index >= 15 is 0 Å². The molecule has 3 N–H and O–H groups in total. The van der Waals surface area contributed by atoms with Crippen molar-refractivity contribution in [2.45, 2.75) is 6.92 Å². The Balaban J connectivity index is 2.41. The van der Waals surface area contributed by atoms with Crippen LogP contribution in [0.15, 0.2) is 47.3 Å². The molecule has 0 aliphatic carbocycles. The van der Waals surface area contributed by atoms with Gasteiger partial charge in [0.15, 0.2) is 0 Å². The SMILES string of the molecule is Cc1ccc(-n2c(=O)c(C#N)c(NCCN)c3ccccc32)cc1C#N. The van der Waals surface area contributed by atoms with Crippen LogP contribution < -0.4 is 16.6 Å². The summed E-state index contributed by atoms with van der Waals surface area (Å²) in [6.07, 6.45) is 0. The zero-order chi connectivity index (χ0) is 18.7. The number of pyridine rings is 1. The Hall–Kier alpha value is -3.61. The number of nitrogens with two attached hydrogens (primary N) is 1.